The number of nitrogens with zero attached hydrogens (tertiary/aromatic N) is 3. The Hall–Kier alpha value is -4.52. The molecule has 0 aliphatic carbocycles. The van der Waals surface area contributed by atoms with Crippen LogP contribution in [0.15, 0.2) is 109 Å². The van der Waals surface area contributed by atoms with E-state index in [4.69, 9.17) is 9.97 Å². The van der Waals surface area contributed by atoms with Crippen molar-refractivity contribution in [3.8, 4) is 17.2 Å². The molecule has 6 heteroatoms. The van der Waals surface area contributed by atoms with Gasteiger partial charge in [-0.2, -0.15) is 0 Å². The first-order chi connectivity index (χ1) is 17.7. The summed E-state index contributed by atoms with van der Waals surface area (Å²) < 4.78 is 2.17. The Morgan fingerprint density at radius 1 is 0.611 bits per heavy atom. The molecule has 2 aromatic heterocycles. The summed E-state index contributed by atoms with van der Waals surface area (Å²) in [6, 6.07) is 36.1. The van der Waals surface area contributed by atoms with Crippen molar-refractivity contribution in [2.75, 3.05) is 0 Å². The largest absolute Gasteiger partial charge is 0.488 e. The second-order valence-corrected chi connectivity index (χ2v) is 8.92. The highest BCUT2D eigenvalue weighted by molar-refractivity contribution is 6.59. The van der Waals surface area contributed by atoms with E-state index in [0.29, 0.717) is 11.3 Å². The Bertz CT molecular complexity index is 1930. The lowest BCUT2D eigenvalue weighted by molar-refractivity contribution is 0.426. The van der Waals surface area contributed by atoms with Gasteiger partial charge in [0.05, 0.1) is 16.6 Å². The van der Waals surface area contributed by atoms with E-state index in [0.717, 1.165) is 54.9 Å². The van der Waals surface area contributed by atoms with E-state index in [1.165, 1.54) is 0 Å². The van der Waals surface area contributed by atoms with Gasteiger partial charge in [-0.3, -0.25) is 4.57 Å². The average Bonchev–Trinajstić information content (AvgIpc) is 3.27. The molecule has 0 aliphatic heterocycles. The predicted molar refractivity (Wildman–Crippen MR) is 147 cm³/mol. The fraction of sp³-hybridized carbons (Fsp3) is 0. The zero-order valence-electron chi connectivity index (χ0n) is 19.2. The van der Waals surface area contributed by atoms with E-state index in [2.05, 4.69) is 28.8 Å². The number of rotatable bonds is 3. The molecule has 0 bridgehead atoms. The molecule has 0 saturated heterocycles. The van der Waals surface area contributed by atoms with Gasteiger partial charge in [-0.05, 0) is 40.5 Å². The maximum atomic E-state index is 9.92. The van der Waals surface area contributed by atoms with Crippen molar-refractivity contribution < 1.29 is 10.0 Å². The molecule has 0 unspecified atom stereocenters. The van der Waals surface area contributed by atoms with Crippen molar-refractivity contribution in [3.05, 3.63) is 109 Å². The van der Waals surface area contributed by atoms with Crippen LogP contribution in [0, 0.1) is 0 Å². The molecule has 0 saturated carbocycles. The average molecular weight is 465 g/mol. The predicted octanol–water partition coefficient (Wildman–Crippen LogP) is 5.23. The zero-order valence-corrected chi connectivity index (χ0v) is 19.2. The molecule has 0 aliphatic rings. The summed E-state index contributed by atoms with van der Waals surface area (Å²) in [6.07, 6.45) is 0. The van der Waals surface area contributed by atoms with Crippen LogP contribution in [0.4, 0.5) is 0 Å². The number of hydrogen-bond donors (Lipinski definition) is 2. The van der Waals surface area contributed by atoms with Gasteiger partial charge < -0.3 is 10.0 Å². The highest BCUT2D eigenvalue weighted by Crippen LogP contribution is 2.38. The van der Waals surface area contributed by atoms with E-state index in [1.54, 1.807) is 6.07 Å². The first-order valence-electron chi connectivity index (χ1n) is 11.8. The standard InChI is InChI=1S/C30H20BN3O2/c35-31(36)21-15-17-26-24(18-21)28-22-11-5-4-8-19(22)14-16-27(28)34(26)30-23-12-6-7-13-25(23)32-29(33-30)20-9-2-1-3-10-20/h1-18,35-36H. The lowest BCUT2D eigenvalue weighted by Crippen LogP contribution is -2.29. The summed E-state index contributed by atoms with van der Waals surface area (Å²) in [5.74, 6) is 1.44. The Morgan fingerprint density at radius 2 is 1.33 bits per heavy atom. The SMILES string of the molecule is OB(O)c1ccc2c(c1)c1c3ccccc3ccc1n2-c1nc(-c2ccccc2)nc2ccccc12. The molecular formula is C30H20BN3O2. The van der Waals surface area contributed by atoms with Crippen LogP contribution in [-0.2, 0) is 0 Å². The second kappa shape index (κ2) is 8.02. The van der Waals surface area contributed by atoms with Gasteiger partial charge in [-0.25, -0.2) is 9.97 Å². The van der Waals surface area contributed by atoms with Gasteiger partial charge in [0.25, 0.3) is 0 Å². The molecule has 0 amide bonds. The molecule has 0 fully saturated rings. The number of benzene rings is 5. The lowest BCUT2D eigenvalue weighted by Gasteiger charge is -2.13. The summed E-state index contributed by atoms with van der Waals surface area (Å²) in [7, 11) is -1.55. The van der Waals surface area contributed by atoms with Crippen LogP contribution >= 0.6 is 0 Å². The van der Waals surface area contributed by atoms with Crippen LogP contribution in [0.1, 0.15) is 0 Å². The van der Waals surface area contributed by atoms with Gasteiger partial charge in [0.1, 0.15) is 5.82 Å². The van der Waals surface area contributed by atoms with E-state index in [-0.39, 0.29) is 0 Å². The fourth-order valence-electron chi connectivity index (χ4n) is 5.14. The molecule has 0 radical (unpaired) electrons. The molecule has 0 spiro atoms. The van der Waals surface area contributed by atoms with Crippen LogP contribution in [0.5, 0.6) is 0 Å². The second-order valence-electron chi connectivity index (χ2n) is 8.92. The highest BCUT2D eigenvalue weighted by atomic mass is 16.4. The maximum Gasteiger partial charge on any atom is 0.488 e. The third kappa shape index (κ3) is 3.13. The third-order valence-corrected chi connectivity index (χ3v) is 6.80. The minimum Gasteiger partial charge on any atom is -0.423 e. The number of aromatic nitrogens is 3. The summed E-state index contributed by atoms with van der Waals surface area (Å²) in [5.41, 5.74) is 4.19. The normalized spacial score (nSPS) is 11.6. The molecular weight excluding hydrogens is 445 g/mol. The molecule has 2 heterocycles. The first kappa shape index (κ1) is 20.8. The van der Waals surface area contributed by atoms with Crippen LogP contribution in [0.2, 0.25) is 0 Å². The van der Waals surface area contributed by atoms with Crippen molar-refractivity contribution >= 4 is 56.1 Å². The molecule has 7 rings (SSSR count). The topological polar surface area (TPSA) is 71.2 Å². The summed E-state index contributed by atoms with van der Waals surface area (Å²) in [4.78, 5) is 9.98. The van der Waals surface area contributed by atoms with E-state index >= 15 is 0 Å². The van der Waals surface area contributed by atoms with Gasteiger partial charge >= 0.3 is 7.12 Å². The molecule has 7 aromatic rings. The molecule has 170 valence electrons. The highest BCUT2D eigenvalue weighted by Gasteiger charge is 2.21. The molecule has 0 atom stereocenters. The van der Waals surface area contributed by atoms with Crippen molar-refractivity contribution in [3.63, 3.8) is 0 Å². The van der Waals surface area contributed by atoms with Crippen LogP contribution in [-0.4, -0.2) is 31.7 Å². The number of hydrogen-bond acceptors (Lipinski definition) is 4. The summed E-state index contributed by atoms with van der Waals surface area (Å²) in [6.45, 7) is 0. The minimum absolute atomic E-state index is 0.451. The number of para-hydroxylation sites is 1. The maximum absolute atomic E-state index is 9.92. The van der Waals surface area contributed by atoms with Gasteiger partial charge in [0, 0.05) is 21.7 Å². The number of fused-ring (bicyclic) bond motifs is 6. The summed E-state index contributed by atoms with van der Waals surface area (Å²) in [5, 5.41) is 25.0. The van der Waals surface area contributed by atoms with Crippen LogP contribution in [0.3, 0.4) is 0 Å². The van der Waals surface area contributed by atoms with Crippen molar-refractivity contribution in [2.45, 2.75) is 0 Å². The van der Waals surface area contributed by atoms with E-state index in [9.17, 15) is 10.0 Å². The van der Waals surface area contributed by atoms with Crippen LogP contribution in [0.25, 0.3) is 60.7 Å². The Morgan fingerprint density at radius 3 is 2.17 bits per heavy atom. The summed E-state index contributed by atoms with van der Waals surface area (Å²) >= 11 is 0. The third-order valence-electron chi connectivity index (χ3n) is 6.80. The van der Waals surface area contributed by atoms with Gasteiger partial charge in [-0.1, -0.05) is 84.9 Å². The molecule has 2 N–H and O–H groups in total. The van der Waals surface area contributed by atoms with E-state index in [1.807, 2.05) is 78.9 Å². The monoisotopic (exact) mass is 465 g/mol. The zero-order chi connectivity index (χ0) is 24.2. The molecule has 5 aromatic carbocycles. The van der Waals surface area contributed by atoms with Crippen molar-refractivity contribution in [2.24, 2.45) is 0 Å². The van der Waals surface area contributed by atoms with Gasteiger partial charge in [0.15, 0.2) is 5.82 Å². The van der Waals surface area contributed by atoms with Crippen LogP contribution < -0.4 is 5.46 Å². The molecule has 36 heavy (non-hydrogen) atoms. The van der Waals surface area contributed by atoms with E-state index < -0.39 is 7.12 Å². The van der Waals surface area contributed by atoms with Gasteiger partial charge in [-0.15, -0.1) is 0 Å². The Labute approximate surface area is 207 Å². The first-order valence-corrected chi connectivity index (χ1v) is 11.8. The minimum atomic E-state index is -1.55. The van der Waals surface area contributed by atoms with Crippen molar-refractivity contribution in [1.29, 1.82) is 0 Å². The smallest absolute Gasteiger partial charge is 0.423 e. The van der Waals surface area contributed by atoms with Crippen molar-refractivity contribution in [1.82, 2.24) is 14.5 Å². The molecule has 5 nitrogen and oxygen atoms in total. The Balaban J connectivity index is 1.67. The lowest BCUT2D eigenvalue weighted by atomic mass is 9.79. The van der Waals surface area contributed by atoms with Gasteiger partial charge in [0.2, 0.25) is 0 Å². The fourth-order valence-corrected chi connectivity index (χ4v) is 5.14. The quantitative estimate of drug-likeness (QED) is 0.351. The Kier molecular flexibility index (Phi) is 4.64.